The fourth-order valence-electron chi connectivity index (χ4n) is 4.02. The Morgan fingerprint density at radius 2 is 1.94 bits per heavy atom. The minimum absolute atomic E-state index is 0.00420. The standard InChI is InChI=1S/C24H25N5O4/c1-13(2)21(14-4-5-19-20(9-14)33-7-6-32-19)29-23-16-10-17(28-22(16)26-12-27-23)15-8-18(25-11-15)24(30)31-3/h4-5,8-13,21,25H,6-7H2,1-3H3,(H2,26,27,28,29)/t21-/m1/s1. The number of hydrogen-bond donors (Lipinski definition) is 3. The van der Waals surface area contributed by atoms with Gasteiger partial charge in [0.2, 0.25) is 0 Å². The molecule has 1 aliphatic rings. The number of methoxy groups -OCH3 is 1. The number of ether oxygens (including phenoxy) is 3. The van der Waals surface area contributed by atoms with Gasteiger partial charge in [0.1, 0.15) is 36.7 Å². The van der Waals surface area contributed by atoms with Crippen LogP contribution in [0, 0.1) is 5.92 Å². The van der Waals surface area contributed by atoms with Gasteiger partial charge in [0, 0.05) is 17.5 Å². The maximum Gasteiger partial charge on any atom is 0.354 e. The van der Waals surface area contributed by atoms with Crippen LogP contribution < -0.4 is 14.8 Å². The van der Waals surface area contributed by atoms with Crippen molar-refractivity contribution in [2.75, 3.05) is 25.6 Å². The number of aromatic nitrogens is 4. The minimum atomic E-state index is -0.418. The highest BCUT2D eigenvalue weighted by atomic mass is 16.6. The molecule has 170 valence electrons. The second-order valence-corrected chi connectivity index (χ2v) is 8.23. The topological polar surface area (TPSA) is 114 Å². The first-order valence-corrected chi connectivity index (χ1v) is 10.8. The first-order valence-electron chi connectivity index (χ1n) is 10.8. The monoisotopic (exact) mass is 447 g/mol. The van der Waals surface area contributed by atoms with E-state index in [9.17, 15) is 4.79 Å². The van der Waals surface area contributed by atoms with Crippen molar-refractivity contribution in [2.45, 2.75) is 19.9 Å². The van der Waals surface area contributed by atoms with Gasteiger partial charge in [0.15, 0.2) is 11.5 Å². The number of nitrogens with zero attached hydrogens (tertiary/aromatic N) is 2. The number of fused-ring (bicyclic) bond motifs is 2. The lowest BCUT2D eigenvalue weighted by molar-refractivity contribution is 0.0595. The molecule has 0 fully saturated rings. The third-order valence-electron chi connectivity index (χ3n) is 5.71. The van der Waals surface area contributed by atoms with Crippen LogP contribution in [0.5, 0.6) is 11.5 Å². The number of carbonyl (C=O) groups excluding carboxylic acids is 1. The van der Waals surface area contributed by atoms with E-state index in [1.54, 1.807) is 12.3 Å². The molecular formula is C24H25N5O4. The van der Waals surface area contributed by atoms with Crippen LogP contribution in [0.1, 0.15) is 35.9 Å². The van der Waals surface area contributed by atoms with Gasteiger partial charge < -0.3 is 29.5 Å². The Kier molecular flexibility index (Phi) is 5.37. The quantitative estimate of drug-likeness (QED) is 0.377. The van der Waals surface area contributed by atoms with Crippen LogP contribution in [0.25, 0.3) is 22.3 Å². The molecule has 33 heavy (non-hydrogen) atoms. The molecule has 0 unspecified atom stereocenters. The van der Waals surface area contributed by atoms with E-state index in [-0.39, 0.29) is 12.0 Å². The lowest BCUT2D eigenvalue weighted by Gasteiger charge is -2.26. The van der Waals surface area contributed by atoms with E-state index in [1.807, 2.05) is 18.2 Å². The molecule has 0 aliphatic carbocycles. The molecule has 0 amide bonds. The lowest BCUT2D eigenvalue weighted by Crippen LogP contribution is -2.19. The first kappa shape index (κ1) is 20.9. The van der Waals surface area contributed by atoms with Crippen LogP contribution in [0.15, 0.2) is 42.9 Å². The smallest absolute Gasteiger partial charge is 0.354 e. The number of hydrogen-bond acceptors (Lipinski definition) is 7. The molecule has 0 radical (unpaired) electrons. The summed E-state index contributed by atoms with van der Waals surface area (Å²) in [6, 6.07) is 9.75. The van der Waals surface area contributed by atoms with E-state index in [1.165, 1.54) is 13.4 Å². The van der Waals surface area contributed by atoms with E-state index in [2.05, 4.69) is 45.2 Å². The number of aromatic amines is 2. The number of rotatable bonds is 6. The Bertz CT molecular complexity index is 1310. The first-order chi connectivity index (χ1) is 16.0. The molecule has 9 heteroatoms. The zero-order valence-electron chi connectivity index (χ0n) is 18.6. The number of benzene rings is 1. The molecule has 4 aromatic rings. The van der Waals surface area contributed by atoms with Gasteiger partial charge in [0.05, 0.1) is 18.5 Å². The Morgan fingerprint density at radius 1 is 1.12 bits per heavy atom. The number of esters is 1. The maximum atomic E-state index is 11.8. The van der Waals surface area contributed by atoms with Gasteiger partial charge in [-0.25, -0.2) is 14.8 Å². The van der Waals surface area contributed by atoms with Gasteiger partial charge in [-0.3, -0.25) is 0 Å². The van der Waals surface area contributed by atoms with Crippen LogP contribution in [0.3, 0.4) is 0 Å². The van der Waals surface area contributed by atoms with Crippen molar-refractivity contribution < 1.29 is 19.0 Å². The molecule has 0 spiro atoms. The summed E-state index contributed by atoms with van der Waals surface area (Å²) in [6.07, 6.45) is 3.28. The van der Waals surface area contributed by atoms with Gasteiger partial charge in [0.25, 0.3) is 0 Å². The van der Waals surface area contributed by atoms with E-state index < -0.39 is 5.97 Å². The Labute approximate surface area is 190 Å². The molecule has 0 bridgehead atoms. The highest BCUT2D eigenvalue weighted by molar-refractivity contribution is 5.93. The molecular weight excluding hydrogens is 422 g/mol. The molecule has 3 aromatic heterocycles. The molecule has 4 heterocycles. The van der Waals surface area contributed by atoms with E-state index in [0.717, 1.165) is 39.5 Å². The number of H-pyrrole nitrogens is 2. The summed E-state index contributed by atoms with van der Waals surface area (Å²) in [5.41, 5.74) is 3.82. The molecule has 0 saturated heterocycles. The number of nitrogens with one attached hydrogen (secondary N) is 3. The van der Waals surface area contributed by atoms with Crippen molar-refractivity contribution >= 4 is 22.8 Å². The largest absolute Gasteiger partial charge is 0.486 e. The Morgan fingerprint density at radius 3 is 2.73 bits per heavy atom. The van der Waals surface area contributed by atoms with Gasteiger partial charge in [-0.15, -0.1) is 0 Å². The maximum absolute atomic E-state index is 11.8. The van der Waals surface area contributed by atoms with Crippen molar-refractivity contribution in [3.63, 3.8) is 0 Å². The van der Waals surface area contributed by atoms with Crippen LogP contribution in [0.4, 0.5) is 5.82 Å². The van der Waals surface area contributed by atoms with Gasteiger partial charge in [-0.2, -0.15) is 0 Å². The molecule has 1 atom stereocenters. The predicted molar refractivity (Wildman–Crippen MR) is 124 cm³/mol. The van der Waals surface area contributed by atoms with Gasteiger partial charge in [-0.1, -0.05) is 19.9 Å². The second-order valence-electron chi connectivity index (χ2n) is 8.23. The zero-order valence-corrected chi connectivity index (χ0v) is 18.6. The van der Waals surface area contributed by atoms with E-state index >= 15 is 0 Å². The number of anilines is 1. The molecule has 9 nitrogen and oxygen atoms in total. The zero-order chi connectivity index (χ0) is 22.9. The molecule has 3 N–H and O–H groups in total. The predicted octanol–water partition coefficient (Wildman–Crippen LogP) is 4.32. The highest BCUT2D eigenvalue weighted by Crippen LogP contribution is 2.36. The van der Waals surface area contributed by atoms with E-state index in [4.69, 9.17) is 14.2 Å². The average Bonchev–Trinajstić information content (AvgIpc) is 3.49. The summed E-state index contributed by atoms with van der Waals surface area (Å²) in [4.78, 5) is 26.9. The van der Waals surface area contributed by atoms with Crippen LogP contribution >= 0.6 is 0 Å². The third-order valence-corrected chi connectivity index (χ3v) is 5.71. The molecule has 1 aromatic carbocycles. The fraction of sp³-hybridized carbons (Fsp3) is 0.292. The lowest BCUT2D eigenvalue weighted by atomic mass is 9.95. The average molecular weight is 447 g/mol. The van der Waals surface area contributed by atoms with Crippen LogP contribution in [0.2, 0.25) is 0 Å². The SMILES string of the molecule is COC(=O)c1cc(-c2cc3c(N[C@@H](c4ccc5c(c4)OCCO5)C(C)C)ncnc3[nH]2)c[nH]1. The van der Waals surface area contributed by atoms with Crippen LogP contribution in [-0.4, -0.2) is 46.2 Å². The normalized spacial score (nSPS) is 13.8. The Balaban J connectivity index is 1.47. The molecule has 0 saturated carbocycles. The van der Waals surface area contributed by atoms with Crippen LogP contribution in [-0.2, 0) is 4.74 Å². The molecule has 1 aliphatic heterocycles. The summed E-state index contributed by atoms with van der Waals surface area (Å²) in [7, 11) is 1.35. The van der Waals surface area contributed by atoms with Gasteiger partial charge >= 0.3 is 5.97 Å². The number of carbonyl (C=O) groups is 1. The summed E-state index contributed by atoms with van der Waals surface area (Å²) >= 11 is 0. The highest BCUT2D eigenvalue weighted by Gasteiger charge is 2.22. The Hall–Kier alpha value is -4.01. The second kappa shape index (κ2) is 8.50. The fourth-order valence-corrected chi connectivity index (χ4v) is 4.02. The van der Waals surface area contributed by atoms with Crippen molar-refractivity contribution in [1.29, 1.82) is 0 Å². The minimum Gasteiger partial charge on any atom is -0.486 e. The van der Waals surface area contributed by atoms with Crippen molar-refractivity contribution in [2.24, 2.45) is 5.92 Å². The van der Waals surface area contributed by atoms with E-state index in [0.29, 0.717) is 24.6 Å². The summed E-state index contributed by atoms with van der Waals surface area (Å²) < 4.78 is 16.2. The molecule has 5 rings (SSSR count). The van der Waals surface area contributed by atoms with Crippen molar-refractivity contribution in [3.8, 4) is 22.8 Å². The van der Waals surface area contributed by atoms with Gasteiger partial charge in [-0.05, 0) is 35.7 Å². The summed E-state index contributed by atoms with van der Waals surface area (Å²) in [5.74, 6) is 2.11. The summed E-state index contributed by atoms with van der Waals surface area (Å²) in [6.45, 7) is 5.42. The van der Waals surface area contributed by atoms with Crippen molar-refractivity contribution in [1.82, 2.24) is 19.9 Å². The third kappa shape index (κ3) is 3.97. The van der Waals surface area contributed by atoms with Crippen molar-refractivity contribution in [3.05, 3.63) is 54.1 Å². The summed E-state index contributed by atoms with van der Waals surface area (Å²) in [5, 5.41) is 4.45.